The molecule has 2 N–H and O–H groups in total. The number of piperidine rings is 1. The van der Waals surface area contributed by atoms with Crippen LogP contribution >= 0.6 is 11.6 Å². The Kier molecular flexibility index (Phi) is 7.38. The number of carboxylic acids is 1. The molecule has 0 aliphatic carbocycles. The van der Waals surface area contributed by atoms with E-state index >= 15 is 0 Å². The number of aliphatic carboxylic acids is 1. The maximum atomic E-state index is 12.8. The second-order valence-corrected chi connectivity index (χ2v) is 11.3. The van der Waals surface area contributed by atoms with Crippen LogP contribution in [0.1, 0.15) is 37.3 Å². The van der Waals surface area contributed by atoms with Crippen LogP contribution in [0.25, 0.3) is 0 Å². The first-order valence-electron chi connectivity index (χ1n) is 9.69. The minimum absolute atomic E-state index is 0.0214. The molecule has 1 heterocycles. The van der Waals surface area contributed by atoms with Crippen LogP contribution in [0.4, 0.5) is 0 Å². The second kappa shape index (κ2) is 9.66. The summed E-state index contributed by atoms with van der Waals surface area (Å²) in [7, 11) is -7.79. The first-order valence-corrected chi connectivity index (χ1v) is 13.0. The fourth-order valence-corrected chi connectivity index (χ4v) is 6.27. The number of sulfonamides is 2. The summed E-state index contributed by atoms with van der Waals surface area (Å²) in [5.41, 5.74) is 0.444. The Morgan fingerprint density at radius 1 is 0.935 bits per heavy atom. The molecule has 1 saturated heterocycles. The van der Waals surface area contributed by atoms with Gasteiger partial charge in [-0.3, -0.25) is 4.79 Å². The van der Waals surface area contributed by atoms with Crippen LogP contribution in [-0.4, -0.2) is 45.3 Å². The molecule has 0 aromatic heterocycles. The summed E-state index contributed by atoms with van der Waals surface area (Å²) in [4.78, 5) is 11.1. The fourth-order valence-electron chi connectivity index (χ4n) is 3.40. The first kappa shape index (κ1) is 23.7. The molecular weight excluding hydrogens is 464 g/mol. The van der Waals surface area contributed by atoms with E-state index in [-0.39, 0.29) is 9.79 Å². The normalized spacial score (nSPS) is 16.7. The number of rotatable bonds is 8. The fraction of sp³-hybridized carbons (Fsp3) is 0.350. The van der Waals surface area contributed by atoms with E-state index in [2.05, 4.69) is 4.72 Å². The molecule has 0 radical (unpaired) electrons. The summed E-state index contributed by atoms with van der Waals surface area (Å²) in [5, 5.41) is 9.62. The van der Waals surface area contributed by atoms with Gasteiger partial charge in [0.1, 0.15) is 0 Å². The molecule has 0 spiro atoms. The molecule has 1 atom stereocenters. The number of carbonyl (C=O) groups is 1. The average molecular weight is 487 g/mol. The standard InChI is InChI=1S/C20H23ClN2O6S2/c21-16-6-4-15(5-7-16)19(14-20(24)25)22-30(26,27)17-8-10-18(11-9-17)31(28,29)23-12-2-1-3-13-23/h4-11,19,22H,1-3,12-14H2,(H,24,25)/t19-/m1/s1. The number of nitrogens with one attached hydrogen (secondary N) is 1. The van der Waals surface area contributed by atoms with Crippen molar-refractivity contribution in [3.8, 4) is 0 Å². The zero-order valence-corrected chi connectivity index (χ0v) is 19.0. The molecule has 31 heavy (non-hydrogen) atoms. The van der Waals surface area contributed by atoms with Gasteiger partial charge in [-0.05, 0) is 54.8 Å². The van der Waals surface area contributed by atoms with Crippen LogP contribution in [0, 0.1) is 0 Å². The lowest BCUT2D eigenvalue weighted by molar-refractivity contribution is -0.137. The molecule has 1 aliphatic heterocycles. The Morgan fingerprint density at radius 2 is 1.48 bits per heavy atom. The van der Waals surface area contributed by atoms with Crippen molar-refractivity contribution >= 4 is 37.6 Å². The summed E-state index contributed by atoms with van der Waals surface area (Å²) in [6.45, 7) is 0.893. The van der Waals surface area contributed by atoms with Gasteiger partial charge in [0.05, 0.1) is 22.3 Å². The zero-order chi connectivity index (χ0) is 22.6. The zero-order valence-electron chi connectivity index (χ0n) is 16.6. The number of nitrogens with zero attached hydrogens (tertiary/aromatic N) is 1. The number of halogens is 1. The number of hydrogen-bond acceptors (Lipinski definition) is 5. The Balaban J connectivity index is 1.83. The van der Waals surface area contributed by atoms with Crippen LogP contribution in [0.15, 0.2) is 58.3 Å². The molecule has 11 heteroatoms. The molecule has 0 amide bonds. The third kappa shape index (κ3) is 5.83. The molecule has 168 valence electrons. The van der Waals surface area contributed by atoms with E-state index in [0.29, 0.717) is 23.7 Å². The highest BCUT2D eigenvalue weighted by Gasteiger charge is 2.27. The van der Waals surface area contributed by atoms with Crippen molar-refractivity contribution in [1.29, 1.82) is 0 Å². The van der Waals surface area contributed by atoms with Crippen molar-refractivity contribution in [2.75, 3.05) is 13.1 Å². The van der Waals surface area contributed by atoms with Gasteiger partial charge in [0, 0.05) is 18.1 Å². The van der Waals surface area contributed by atoms with Crippen LogP contribution < -0.4 is 4.72 Å². The smallest absolute Gasteiger partial charge is 0.305 e. The highest BCUT2D eigenvalue weighted by molar-refractivity contribution is 7.89. The molecule has 8 nitrogen and oxygen atoms in total. The van der Waals surface area contributed by atoms with E-state index in [1.54, 1.807) is 24.3 Å². The SMILES string of the molecule is O=C(O)C[C@@H](NS(=O)(=O)c1ccc(S(=O)(=O)N2CCCCC2)cc1)c1ccc(Cl)cc1. The molecule has 1 aliphatic rings. The van der Waals surface area contributed by atoms with Crippen molar-refractivity contribution in [3.63, 3.8) is 0 Å². The van der Waals surface area contributed by atoms with Gasteiger partial charge in [-0.2, -0.15) is 4.31 Å². The molecule has 0 unspecified atom stereocenters. The number of hydrogen-bond donors (Lipinski definition) is 2. The molecule has 0 saturated carbocycles. The van der Waals surface area contributed by atoms with E-state index < -0.39 is 38.5 Å². The van der Waals surface area contributed by atoms with Gasteiger partial charge < -0.3 is 5.11 Å². The van der Waals surface area contributed by atoms with Crippen molar-refractivity contribution in [3.05, 3.63) is 59.1 Å². The minimum atomic E-state index is -4.11. The van der Waals surface area contributed by atoms with Crippen LogP contribution in [-0.2, 0) is 24.8 Å². The monoisotopic (exact) mass is 486 g/mol. The summed E-state index contributed by atoms with van der Waals surface area (Å²) >= 11 is 5.85. The Bertz CT molecular complexity index is 1130. The Hall–Kier alpha value is -1.98. The number of carboxylic acid groups (broad SMARTS) is 1. The van der Waals surface area contributed by atoms with Crippen molar-refractivity contribution in [1.82, 2.24) is 9.03 Å². The summed E-state index contributed by atoms with van der Waals surface area (Å²) < 4.78 is 55.0. The van der Waals surface area contributed by atoms with E-state index in [0.717, 1.165) is 19.3 Å². The topological polar surface area (TPSA) is 121 Å². The lowest BCUT2D eigenvalue weighted by Gasteiger charge is -2.26. The molecule has 2 aromatic rings. The third-order valence-corrected chi connectivity index (χ3v) is 8.69. The average Bonchev–Trinajstić information content (AvgIpc) is 2.74. The van der Waals surface area contributed by atoms with Crippen molar-refractivity contribution in [2.24, 2.45) is 0 Å². The van der Waals surface area contributed by atoms with Gasteiger partial charge in [-0.25, -0.2) is 21.6 Å². The van der Waals surface area contributed by atoms with Crippen molar-refractivity contribution in [2.45, 2.75) is 41.5 Å². The second-order valence-electron chi connectivity index (χ2n) is 7.26. The summed E-state index contributed by atoms with van der Waals surface area (Å²) in [6.07, 6.45) is 2.11. The molecule has 3 rings (SSSR count). The molecule has 1 fully saturated rings. The largest absolute Gasteiger partial charge is 0.481 e. The minimum Gasteiger partial charge on any atom is -0.481 e. The highest BCUT2D eigenvalue weighted by Crippen LogP contribution is 2.25. The maximum absolute atomic E-state index is 12.8. The van der Waals surface area contributed by atoms with E-state index in [1.807, 2.05) is 0 Å². The van der Waals surface area contributed by atoms with Crippen LogP contribution in [0.3, 0.4) is 0 Å². The van der Waals surface area contributed by atoms with E-state index in [4.69, 9.17) is 11.6 Å². The number of benzene rings is 2. The van der Waals surface area contributed by atoms with Gasteiger partial charge in [0.25, 0.3) is 0 Å². The Labute approximate surface area is 186 Å². The van der Waals surface area contributed by atoms with Crippen molar-refractivity contribution < 1.29 is 26.7 Å². The Morgan fingerprint density at radius 3 is 2.03 bits per heavy atom. The van der Waals surface area contributed by atoms with Crippen LogP contribution in [0.5, 0.6) is 0 Å². The van der Waals surface area contributed by atoms with Gasteiger partial charge in [-0.15, -0.1) is 0 Å². The van der Waals surface area contributed by atoms with Gasteiger partial charge in [-0.1, -0.05) is 30.2 Å². The first-order chi connectivity index (χ1) is 14.6. The molecule has 0 bridgehead atoms. The summed E-state index contributed by atoms with van der Waals surface area (Å²) in [6, 6.07) is 10.1. The summed E-state index contributed by atoms with van der Waals surface area (Å²) in [5.74, 6) is -1.18. The van der Waals surface area contributed by atoms with Gasteiger partial charge >= 0.3 is 5.97 Å². The molecular formula is C20H23ClN2O6S2. The third-order valence-electron chi connectivity index (χ3n) is 5.04. The quantitative estimate of drug-likeness (QED) is 0.591. The van der Waals surface area contributed by atoms with Gasteiger partial charge in [0.2, 0.25) is 20.0 Å². The van der Waals surface area contributed by atoms with Gasteiger partial charge in [0.15, 0.2) is 0 Å². The van der Waals surface area contributed by atoms with E-state index in [9.17, 15) is 26.7 Å². The maximum Gasteiger partial charge on any atom is 0.305 e. The lowest BCUT2D eigenvalue weighted by Crippen LogP contribution is -2.35. The predicted molar refractivity (Wildman–Crippen MR) is 116 cm³/mol. The lowest BCUT2D eigenvalue weighted by atomic mass is 10.1. The predicted octanol–water partition coefficient (Wildman–Crippen LogP) is 3.01. The molecule has 2 aromatic carbocycles. The van der Waals surface area contributed by atoms with Crippen LogP contribution in [0.2, 0.25) is 5.02 Å². The highest BCUT2D eigenvalue weighted by atomic mass is 35.5. The van der Waals surface area contributed by atoms with E-state index in [1.165, 1.54) is 28.6 Å².